The minimum atomic E-state index is -0.245. The van der Waals surface area contributed by atoms with Gasteiger partial charge >= 0.3 is 0 Å². The highest BCUT2D eigenvalue weighted by molar-refractivity contribution is 5.77. The number of fused-ring (bicyclic) bond motifs is 1. The normalized spacial score (nSPS) is 18.7. The molecule has 1 saturated heterocycles. The molecule has 112 valence electrons. The molecule has 1 fully saturated rings. The molecule has 0 saturated carbocycles. The molecule has 22 heavy (non-hydrogen) atoms. The van der Waals surface area contributed by atoms with Crippen LogP contribution < -0.4 is 5.32 Å². The lowest BCUT2D eigenvalue weighted by Gasteiger charge is -2.26. The van der Waals surface area contributed by atoms with E-state index >= 15 is 0 Å². The zero-order valence-corrected chi connectivity index (χ0v) is 12.2. The molecule has 1 aliphatic heterocycles. The number of benzene rings is 1. The van der Waals surface area contributed by atoms with Gasteiger partial charge in [0.1, 0.15) is 17.2 Å². The Morgan fingerprint density at radius 3 is 3.00 bits per heavy atom. The zero-order chi connectivity index (χ0) is 14.9. The van der Waals surface area contributed by atoms with E-state index in [1.54, 1.807) is 12.3 Å². The summed E-state index contributed by atoms with van der Waals surface area (Å²) in [6, 6.07) is 10.8. The van der Waals surface area contributed by atoms with Crippen molar-refractivity contribution in [2.45, 2.75) is 18.9 Å². The topological polar surface area (TPSA) is 42.7 Å². The highest BCUT2D eigenvalue weighted by atomic mass is 19.1. The molecule has 0 amide bonds. The summed E-state index contributed by atoms with van der Waals surface area (Å²) < 4.78 is 15.8. The summed E-state index contributed by atoms with van der Waals surface area (Å²) in [4.78, 5) is 9.21. The molecular formula is C17H17FN4. The van der Waals surface area contributed by atoms with Crippen LogP contribution in [0.3, 0.4) is 0 Å². The molecule has 1 aliphatic rings. The Bertz CT molecular complexity index is 805. The smallest absolute Gasteiger partial charge is 0.160 e. The maximum atomic E-state index is 13.6. The van der Waals surface area contributed by atoms with Crippen LogP contribution in [0.25, 0.3) is 22.6 Å². The number of hydrogen-bond donors (Lipinski definition) is 1. The molecule has 0 radical (unpaired) electrons. The van der Waals surface area contributed by atoms with Gasteiger partial charge in [0, 0.05) is 24.3 Å². The summed E-state index contributed by atoms with van der Waals surface area (Å²) in [5.41, 5.74) is 2.52. The lowest BCUT2D eigenvalue weighted by atomic mass is 10.1. The number of pyridine rings is 1. The first-order chi connectivity index (χ1) is 10.8. The van der Waals surface area contributed by atoms with E-state index in [2.05, 4.69) is 14.9 Å². The number of aromatic nitrogens is 3. The van der Waals surface area contributed by atoms with Gasteiger partial charge in [-0.25, -0.2) is 14.4 Å². The first kappa shape index (κ1) is 13.4. The molecule has 3 aromatic rings. The van der Waals surface area contributed by atoms with E-state index in [4.69, 9.17) is 4.98 Å². The standard InChI is InChI=1S/C17H17FN4/c18-13-5-1-4-12(10-13)16-21-15-7-3-9-20-17(15)22(16)14-6-2-8-19-11-14/h1,3-5,7,9-10,14,19H,2,6,8,11H2. The number of rotatable bonds is 2. The maximum Gasteiger partial charge on any atom is 0.160 e. The van der Waals surface area contributed by atoms with Crippen LogP contribution in [0.4, 0.5) is 4.39 Å². The van der Waals surface area contributed by atoms with Crippen LogP contribution in [0.1, 0.15) is 18.9 Å². The number of imidazole rings is 1. The molecule has 0 aliphatic carbocycles. The number of hydrogen-bond acceptors (Lipinski definition) is 3. The quantitative estimate of drug-likeness (QED) is 0.790. The van der Waals surface area contributed by atoms with Crippen LogP contribution in [-0.4, -0.2) is 27.6 Å². The van der Waals surface area contributed by atoms with Crippen LogP contribution in [0.5, 0.6) is 0 Å². The molecular weight excluding hydrogens is 279 g/mol. The first-order valence-corrected chi connectivity index (χ1v) is 7.62. The van der Waals surface area contributed by atoms with Crippen molar-refractivity contribution in [2.75, 3.05) is 13.1 Å². The number of piperidine rings is 1. The molecule has 1 N–H and O–H groups in total. The predicted molar refractivity (Wildman–Crippen MR) is 84.1 cm³/mol. The molecule has 0 bridgehead atoms. The third-order valence-corrected chi connectivity index (χ3v) is 4.17. The van der Waals surface area contributed by atoms with Gasteiger partial charge in [-0.2, -0.15) is 0 Å². The summed E-state index contributed by atoms with van der Waals surface area (Å²) in [5.74, 6) is 0.549. The van der Waals surface area contributed by atoms with Crippen molar-refractivity contribution in [2.24, 2.45) is 0 Å². The van der Waals surface area contributed by atoms with E-state index in [1.807, 2.05) is 18.2 Å². The average Bonchev–Trinajstić information content (AvgIpc) is 2.95. The summed E-state index contributed by atoms with van der Waals surface area (Å²) in [5, 5.41) is 3.43. The van der Waals surface area contributed by atoms with Gasteiger partial charge in [0.25, 0.3) is 0 Å². The van der Waals surface area contributed by atoms with E-state index in [9.17, 15) is 4.39 Å². The minimum Gasteiger partial charge on any atom is -0.315 e. The Morgan fingerprint density at radius 2 is 2.18 bits per heavy atom. The Labute approximate surface area is 128 Å². The van der Waals surface area contributed by atoms with Crippen molar-refractivity contribution in [3.63, 3.8) is 0 Å². The van der Waals surface area contributed by atoms with Gasteiger partial charge in [0.05, 0.1) is 0 Å². The lowest BCUT2D eigenvalue weighted by molar-refractivity contribution is 0.379. The maximum absolute atomic E-state index is 13.6. The van der Waals surface area contributed by atoms with Crippen LogP contribution in [0, 0.1) is 5.82 Å². The van der Waals surface area contributed by atoms with Crippen LogP contribution in [0.2, 0.25) is 0 Å². The van der Waals surface area contributed by atoms with Crippen molar-refractivity contribution in [3.8, 4) is 11.4 Å². The second-order valence-electron chi connectivity index (χ2n) is 5.66. The van der Waals surface area contributed by atoms with E-state index in [1.165, 1.54) is 12.1 Å². The SMILES string of the molecule is Fc1cccc(-c2nc3cccnc3n2C2CCCNC2)c1. The molecule has 1 unspecified atom stereocenters. The zero-order valence-electron chi connectivity index (χ0n) is 12.2. The molecule has 3 heterocycles. The highest BCUT2D eigenvalue weighted by Crippen LogP contribution is 2.30. The fourth-order valence-corrected chi connectivity index (χ4v) is 3.16. The molecule has 4 nitrogen and oxygen atoms in total. The first-order valence-electron chi connectivity index (χ1n) is 7.62. The molecule has 2 aromatic heterocycles. The Morgan fingerprint density at radius 1 is 1.23 bits per heavy atom. The fourth-order valence-electron chi connectivity index (χ4n) is 3.16. The fraction of sp³-hybridized carbons (Fsp3) is 0.294. The summed E-state index contributed by atoms with van der Waals surface area (Å²) >= 11 is 0. The second-order valence-corrected chi connectivity index (χ2v) is 5.66. The summed E-state index contributed by atoms with van der Waals surface area (Å²) in [7, 11) is 0. The Hall–Kier alpha value is -2.27. The van der Waals surface area contributed by atoms with E-state index in [-0.39, 0.29) is 5.82 Å². The number of halogens is 1. The van der Waals surface area contributed by atoms with Crippen molar-refractivity contribution in [3.05, 3.63) is 48.4 Å². The van der Waals surface area contributed by atoms with Crippen molar-refractivity contribution in [1.29, 1.82) is 0 Å². The van der Waals surface area contributed by atoms with Gasteiger partial charge in [-0.15, -0.1) is 0 Å². The van der Waals surface area contributed by atoms with E-state index in [0.29, 0.717) is 6.04 Å². The van der Waals surface area contributed by atoms with Crippen LogP contribution >= 0.6 is 0 Å². The third kappa shape index (κ3) is 2.27. The molecule has 1 atom stereocenters. The van der Waals surface area contributed by atoms with Crippen LogP contribution in [0.15, 0.2) is 42.6 Å². The largest absolute Gasteiger partial charge is 0.315 e. The second kappa shape index (κ2) is 5.50. The predicted octanol–water partition coefficient (Wildman–Crippen LogP) is 3.16. The molecule has 0 spiro atoms. The van der Waals surface area contributed by atoms with Gasteiger partial charge in [0.15, 0.2) is 5.65 Å². The lowest BCUT2D eigenvalue weighted by Crippen LogP contribution is -2.32. The van der Waals surface area contributed by atoms with Crippen molar-refractivity contribution >= 4 is 11.2 Å². The third-order valence-electron chi connectivity index (χ3n) is 4.17. The Kier molecular flexibility index (Phi) is 3.35. The van der Waals surface area contributed by atoms with E-state index < -0.39 is 0 Å². The number of nitrogens with zero attached hydrogens (tertiary/aromatic N) is 3. The monoisotopic (exact) mass is 296 g/mol. The van der Waals surface area contributed by atoms with Crippen molar-refractivity contribution in [1.82, 2.24) is 19.9 Å². The van der Waals surface area contributed by atoms with Crippen LogP contribution in [-0.2, 0) is 0 Å². The van der Waals surface area contributed by atoms with Gasteiger partial charge in [0.2, 0.25) is 0 Å². The number of nitrogens with one attached hydrogen (secondary N) is 1. The van der Waals surface area contributed by atoms with Gasteiger partial charge in [-0.05, 0) is 43.7 Å². The summed E-state index contributed by atoms with van der Waals surface area (Å²) in [6.07, 6.45) is 3.99. The Balaban J connectivity index is 1.93. The van der Waals surface area contributed by atoms with Gasteiger partial charge in [-0.1, -0.05) is 12.1 Å². The van der Waals surface area contributed by atoms with Gasteiger partial charge < -0.3 is 9.88 Å². The minimum absolute atomic E-state index is 0.245. The molecule has 4 rings (SSSR count). The van der Waals surface area contributed by atoms with Gasteiger partial charge in [-0.3, -0.25) is 0 Å². The van der Waals surface area contributed by atoms with Crippen molar-refractivity contribution < 1.29 is 4.39 Å². The summed E-state index contributed by atoms with van der Waals surface area (Å²) in [6.45, 7) is 1.94. The average molecular weight is 296 g/mol. The molecule has 1 aromatic carbocycles. The highest BCUT2D eigenvalue weighted by Gasteiger charge is 2.22. The van der Waals surface area contributed by atoms with E-state index in [0.717, 1.165) is 48.5 Å². The molecule has 5 heteroatoms.